The van der Waals surface area contributed by atoms with Gasteiger partial charge < -0.3 is 4.74 Å². The van der Waals surface area contributed by atoms with Gasteiger partial charge in [-0.25, -0.2) is 13.6 Å². The van der Waals surface area contributed by atoms with E-state index in [1.807, 2.05) is 36.4 Å². The van der Waals surface area contributed by atoms with Crippen LogP contribution in [-0.4, -0.2) is 13.3 Å². The molecule has 3 rings (SSSR count). The van der Waals surface area contributed by atoms with E-state index >= 15 is 0 Å². The summed E-state index contributed by atoms with van der Waals surface area (Å²) in [5.41, 5.74) is 2.13. The molecule has 0 unspecified atom stereocenters. The number of non-ortho nitro benzene ring substituents is 1. The number of benzene rings is 3. The molecule has 28 heavy (non-hydrogen) atoms. The van der Waals surface area contributed by atoms with Crippen LogP contribution in [0.3, 0.4) is 0 Å². The van der Waals surface area contributed by atoms with E-state index in [2.05, 4.69) is 24.3 Å². The first kappa shape index (κ1) is 21.2. The molecular formula is C20H20N2O5S. The van der Waals surface area contributed by atoms with Crippen LogP contribution in [0, 0.1) is 10.1 Å². The number of ether oxygens (including phenoxy) is 1. The second-order valence-corrected chi connectivity index (χ2v) is 7.32. The summed E-state index contributed by atoms with van der Waals surface area (Å²) < 4.78 is 27.1. The number of nitrogens with zero attached hydrogens (tertiary/aromatic N) is 1. The van der Waals surface area contributed by atoms with E-state index in [4.69, 9.17) is 9.88 Å². The number of hydrogen-bond donors (Lipinski definition) is 1. The van der Waals surface area contributed by atoms with Gasteiger partial charge in [0.05, 0.1) is 23.0 Å². The van der Waals surface area contributed by atoms with Gasteiger partial charge in [0.2, 0.25) is 10.0 Å². The summed E-state index contributed by atoms with van der Waals surface area (Å²) in [5.74, 6) is 0. The van der Waals surface area contributed by atoms with Gasteiger partial charge in [0.1, 0.15) is 0 Å². The van der Waals surface area contributed by atoms with Crippen molar-refractivity contribution in [1.82, 2.24) is 0 Å². The molecule has 0 aliphatic rings. The lowest BCUT2D eigenvalue weighted by atomic mass is 10.2. The number of rotatable bonds is 6. The lowest BCUT2D eigenvalue weighted by Gasteiger charge is -2.03. The predicted octanol–water partition coefficient (Wildman–Crippen LogP) is 3.65. The van der Waals surface area contributed by atoms with Gasteiger partial charge in [-0.2, -0.15) is 0 Å². The Kier molecular flexibility index (Phi) is 7.82. The first-order valence-electron chi connectivity index (χ1n) is 8.29. The fourth-order valence-electron chi connectivity index (χ4n) is 2.21. The molecule has 0 saturated carbocycles. The van der Waals surface area contributed by atoms with Crippen LogP contribution in [0.1, 0.15) is 11.1 Å². The second-order valence-electron chi connectivity index (χ2n) is 5.76. The third-order valence-corrected chi connectivity index (χ3v) is 4.49. The Morgan fingerprint density at radius 3 is 1.75 bits per heavy atom. The summed E-state index contributed by atoms with van der Waals surface area (Å²) in [4.78, 5) is 9.30. The Morgan fingerprint density at radius 2 is 1.32 bits per heavy atom. The standard InChI is InChI=1S/C14H14O.C6H6N2O4S/c1-3-7-13(8-4-1)11-15-12-14-9-5-2-6-10-14;7-13(11,12)6-3-1-2-5(4-6)8(9)10/h1-10H,11-12H2;1-4H,(H2,7,11,12). The average molecular weight is 400 g/mol. The van der Waals surface area contributed by atoms with Gasteiger partial charge in [0.25, 0.3) is 5.69 Å². The molecule has 146 valence electrons. The first-order valence-corrected chi connectivity index (χ1v) is 9.84. The molecule has 3 aromatic rings. The Bertz CT molecular complexity index is 954. The lowest BCUT2D eigenvalue weighted by molar-refractivity contribution is -0.385. The number of nitro groups is 1. The van der Waals surface area contributed by atoms with Gasteiger partial charge in [-0.05, 0) is 17.2 Å². The van der Waals surface area contributed by atoms with E-state index in [0.717, 1.165) is 6.07 Å². The molecular weight excluding hydrogens is 380 g/mol. The molecule has 0 saturated heterocycles. The highest BCUT2D eigenvalue weighted by Gasteiger charge is 2.12. The molecule has 0 atom stereocenters. The van der Waals surface area contributed by atoms with Crippen molar-refractivity contribution >= 4 is 15.7 Å². The van der Waals surface area contributed by atoms with Gasteiger partial charge in [0.15, 0.2) is 0 Å². The molecule has 0 aromatic heterocycles. The molecule has 2 N–H and O–H groups in total. The zero-order valence-corrected chi connectivity index (χ0v) is 15.8. The van der Waals surface area contributed by atoms with Crippen LogP contribution in [0.2, 0.25) is 0 Å². The SMILES string of the molecule is NS(=O)(=O)c1cccc([N+](=O)[O-])c1.c1ccc(COCc2ccccc2)cc1. The molecule has 8 heteroatoms. The van der Waals surface area contributed by atoms with E-state index in [1.54, 1.807) is 0 Å². The smallest absolute Gasteiger partial charge is 0.270 e. The first-order chi connectivity index (χ1) is 13.4. The van der Waals surface area contributed by atoms with Crippen LogP contribution in [0.4, 0.5) is 5.69 Å². The second kappa shape index (κ2) is 10.3. The molecule has 0 radical (unpaired) electrons. The zero-order chi connectivity index (χ0) is 20.4. The Hall–Kier alpha value is -3.07. The van der Waals surface area contributed by atoms with Crippen molar-refractivity contribution in [3.05, 3.63) is 106 Å². The van der Waals surface area contributed by atoms with E-state index < -0.39 is 14.9 Å². The van der Waals surface area contributed by atoms with Crippen molar-refractivity contribution in [2.45, 2.75) is 18.1 Å². The summed E-state index contributed by atoms with van der Waals surface area (Å²) in [6.45, 7) is 1.35. The normalized spacial score (nSPS) is 10.6. The van der Waals surface area contributed by atoms with E-state index in [9.17, 15) is 18.5 Å². The van der Waals surface area contributed by atoms with Gasteiger partial charge in [-0.3, -0.25) is 10.1 Å². The highest BCUT2D eigenvalue weighted by Crippen LogP contribution is 2.15. The quantitative estimate of drug-likeness (QED) is 0.501. The third kappa shape index (κ3) is 7.28. The minimum atomic E-state index is -3.86. The zero-order valence-electron chi connectivity index (χ0n) is 15.0. The lowest BCUT2D eigenvalue weighted by Crippen LogP contribution is -2.12. The van der Waals surface area contributed by atoms with Crippen molar-refractivity contribution < 1.29 is 18.1 Å². The maximum absolute atomic E-state index is 10.8. The molecule has 0 amide bonds. The largest absolute Gasteiger partial charge is 0.372 e. The van der Waals surface area contributed by atoms with Crippen molar-refractivity contribution in [2.75, 3.05) is 0 Å². The van der Waals surface area contributed by atoms with Gasteiger partial charge in [-0.1, -0.05) is 66.7 Å². The molecule has 0 aliphatic heterocycles. The topological polar surface area (TPSA) is 113 Å². The maximum atomic E-state index is 10.8. The fraction of sp³-hybridized carbons (Fsp3) is 0.100. The van der Waals surface area contributed by atoms with Crippen LogP contribution >= 0.6 is 0 Å². The Balaban J connectivity index is 0.000000203. The molecule has 0 aliphatic carbocycles. The minimum absolute atomic E-state index is 0.262. The summed E-state index contributed by atoms with van der Waals surface area (Å²) in [6, 6.07) is 25.0. The van der Waals surface area contributed by atoms with Crippen LogP contribution < -0.4 is 5.14 Å². The van der Waals surface area contributed by atoms with Gasteiger partial charge in [-0.15, -0.1) is 0 Å². The molecule has 0 fully saturated rings. The Labute approximate surface area is 163 Å². The fourth-order valence-corrected chi connectivity index (χ4v) is 2.76. The monoisotopic (exact) mass is 400 g/mol. The van der Waals surface area contributed by atoms with Gasteiger partial charge >= 0.3 is 0 Å². The van der Waals surface area contributed by atoms with E-state index in [0.29, 0.717) is 13.2 Å². The average Bonchev–Trinajstić information content (AvgIpc) is 2.70. The van der Waals surface area contributed by atoms with Crippen molar-refractivity contribution in [3.63, 3.8) is 0 Å². The molecule has 0 spiro atoms. The number of nitrogens with two attached hydrogens (primary N) is 1. The highest BCUT2D eigenvalue weighted by atomic mass is 32.2. The molecule has 3 aromatic carbocycles. The number of sulfonamides is 1. The Morgan fingerprint density at radius 1 is 0.821 bits per heavy atom. The third-order valence-electron chi connectivity index (χ3n) is 3.58. The minimum Gasteiger partial charge on any atom is -0.372 e. The van der Waals surface area contributed by atoms with E-state index in [1.165, 1.54) is 29.3 Å². The van der Waals surface area contributed by atoms with Crippen LogP contribution in [-0.2, 0) is 28.0 Å². The summed E-state index contributed by atoms with van der Waals surface area (Å²) in [6.07, 6.45) is 0. The predicted molar refractivity (Wildman–Crippen MR) is 106 cm³/mol. The molecule has 7 nitrogen and oxygen atoms in total. The highest BCUT2D eigenvalue weighted by molar-refractivity contribution is 7.89. The van der Waals surface area contributed by atoms with Crippen molar-refractivity contribution in [2.24, 2.45) is 5.14 Å². The number of nitro benzene ring substituents is 1. The van der Waals surface area contributed by atoms with Crippen LogP contribution in [0.15, 0.2) is 89.8 Å². The van der Waals surface area contributed by atoms with Crippen molar-refractivity contribution in [1.29, 1.82) is 0 Å². The summed E-state index contributed by atoms with van der Waals surface area (Å²) in [5, 5.41) is 15.0. The van der Waals surface area contributed by atoms with E-state index in [-0.39, 0.29) is 10.6 Å². The molecule has 0 bridgehead atoms. The maximum Gasteiger partial charge on any atom is 0.270 e. The van der Waals surface area contributed by atoms with Crippen LogP contribution in [0.5, 0.6) is 0 Å². The van der Waals surface area contributed by atoms with Crippen LogP contribution in [0.25, 0.3) is 0 Å². The van der Waals surface area contributed by atoms with Crippen molar-refractivity contribution in [3.8, 4) is 0 Å². The number of primary sulfonamides is 1. The van der Waals surface area contributed by atoms with Gasteiger partial charge in [0, 0.05) is 12.1 Å². The number of hydrogen-bond acceptors (Lipinski definition) is 5. The summed E-state index contributed by atoms with van der Waals surface area (Å²) >= 11 is 0. The molecule has 0 heterocycles. The summed E-state index contributed by atoms with van der Waals surface area (Å²) in [7, 11) is -3.86.